The molecule has 0 heterocycles. The van der Waals surface area contributed by atoms with Crippen LogP contribution in [0, 0.1) is 11.6 Å². The summed E-state index contributed by atoms with van der Waals surface area (Å²) in [6.07, 6.45) is 0. The van der Waals surface area contributed by atoms with Crippen LogP contribution in [0.1, 0.15) is 5.56 Å². The number of benzene rings is 2. The molecule has 4 nitrogen and oxygen atoms in total. The van der Waals surface area contributed by atoms with Gasteiger partial charge in [0.15, 0.2) is 11.6 Å². The molecule has 7 heteroatoms. The zero-order chi connectivity index (χ0) is 17.5. The summed E-state index contributed by atoms with van der Waals surface area (Å²) in [4.78, 5) is 12.4. The quantitative estimate of drug-likeness (QED) is 0.775. The molecule has 0 unspecified atom stereocenters. The van der Waals surface area contributed by atoms with E-state index in [1.807, 2.05) is 0 Å². The van der Waals surface area contributed by atoms with Crippen molar-refractivity contribution in [2.45, 2.75) is 11.4 Å². The Morgan fingerprint density at radius 2 is 1.88 bits per heavy atom. The molecule has 0 aliphatic carbocycles. The third kappa shape index (κ3) is 4.86. The Balaban J connectivity index is 1.88. The molecular formula is C17H17F2NO3S. The van der Waals surface area contributed by atoms with Crippen molar-refractivity contribution in [2.75, 3.05) is 20.0 Å². The molecule has 0 saturated carbocycles. The SMILES string of the molecule is COc1ccc(CNC(=O)CSc2ccc(F)c(F)c2)c(OC)c1. The Bertz CT molecular complexity index is 725. The second kappa shape index (κ2) is 8.54. The number of rotatable bonds is 7. The third-order valence-corrected chi connectivity index (χ3v) is 4.23. The molecule has 2 rings (SSSR count). The van der Waals surface area contributed by atoms with Crippen molar-refractivity contribution >= 4 is 17.7 Å². The molecule has 0 aliphatic rings. The van der Waals surface area contributed by atoms with Gasteiger partial charge in [0.25, 0.3) is 0 Å². The molecule has 24 heavy (non-hydrogen) atoms. The molecule has 0 radical (unpaired) electrons. The lowest BCUT2D eigenvalue weighted by atomic mass is 10.2. The molecule has 1 amide bonds. The van der Waals surface area contributed by atoms with Crippen molar-refractivity contribution in [3.05, 3.63) is 53.6 Å². The third-order valence-electron chi connectivity index (χ3n) is 3.23. The minimum Gasteiger partial charge on any atom is -0.497 e. The number of ether oxygens (including phenoxy) is 2. The zero-order valence-electron chi connectivity index (χ0n) is 13.3. The second-order valence-corrected chi connectivity index (χ2v) is 5.87. The van der Waals surface area contributed by atoms with Gasteiger partial charge in [-0.15, -0.1) is 11.8 Å². The lowest BCUT2D eigenvalue weighted by Gasteiger charge is -2.11. The van der Waals surface area contributed by atoms with Crippen LogP contribution in [0.3, 0.4) is 0 Å². The molecule has 128 valence electrons. The van der Waals surface area contributed by atoms with Gasteiger partial charge in [-0.05, 0) is 30.3 Å². The number of carbonyl (C=O) groups excluding carboxylic acids is 1. The first kappa shape index (κ1) is 18.1. The van der Waals surface area contributed by atoms with E-state index in [0.717, 1.165) is 29.5 Å². The topological polar surface area (TPSA) is 47.6 Å². The highest BCUT2D eigenvalue weighted by Gasteiger charge is 2.09. The van der Waals surface area contributed by atoms with Crippen LogP contribution in [-0.2, 0) is 11.3 Å². The van der Waals surface area contributed by atoms with E-state index in [9.17, 15) is 13.6 Å². The van der Waals surface area contributed by atoms with Crippen molar-refractivity contribution in [2.24, 2.45) is 0 Å². The maximum absolute atomic E-state index is 13.1. The Kier molecular flexibility index (Phi) is 6.43. The van der Waals surface area contributed by atoms with E-state index in [-0.39, 0.29) is 11.7 Å². The van der Waals surface area contributed by atoms with Gasteiger partial charge >= 0.3 is 0 Å². The molecule has 2 aromatic carbocycles. The van der Waals surface area contributed by atoms with E-state index in [2.05, 4.69) is 5.32 Å². The van der Waals surface area contributed by atoms with Crippen molar-refractivity contribution in [1.29, 1.82) is 0 Å². The number of carbonyl (C=O) groups is 1. The molecule has 0 atom stereocenters. The summed E-state index contributed by atoms with van der Waals surface area (Å²) in [5.41, 5.74) is 0.810. The normalized spacial score (nSPS) is 10.3. The van der Waals surface area contributed by atoms with E-state index >= 15 is 0 Å². The number of hydrogen-bond acceptors (Lipinski definition) is 4. The first-order valence-corrected chi connectivity index (χ1v) is 8.07. The van der Waals surface area contributed by atoms with Gasteiger partial charge in [-0.2, -0.15) is 0 Å². The number of thioether (sulfide) groups is 1. The molecule has 0 bridgehead atoms. The highest BCUT2D eigenvalue weighted by Crippen LogP contribution is 2.24. The number of amides is 1. The predicted molar refractivity (Wildman–Crippen MR) is 88.5 cm³/mol. The zero-order valence-corrected chi connectivity index (χ0v) is 14.1. The smallest absolute Gasteiger partial charge is 0.230 e. The Morgan fingerprint density at radius 1 is 1.08 bits per heavy atom. The number of hydrogen-bond donors (Lipinski definition) is 1. The maximum Gasteiger partial charge on any atom is 0.230 e. The maximum atomic E-state index is 13.1. The summed E-state index contributed by atoms with van der Waals surface area (Å²) >= 11 is 1.13. The molecule has 0 aliphatic heterocycles. The van der Waals surface area contributed by atoms with E-state index in [1.54, 1.807) is 32.4 Å². The Morgan fingerprint density at radius 3 is 2.54 bits per heavy atom. The standard InChI is InChI=1S/C17H17F2NO3S/c1-22-12-4-3-11(16(7-12)23-2)9-20-17(21)10-24-13-5-6-14(18)15(19)8-13/h3-8H,9-10H2,1-2H3,(H,20,21). The van der Waals surface area contributed by atoms with E-state index < -0.39 is 11.6 Å². The Labute approximate surface area is 143 Å². The summed E-state index contributed by atoms with van der Waals surface area (Å²) in [7, 11) is 3.10. The lowest BCUT2D eigenvalue weighted by molar-refractivity contribution is -0.118. The average molecular weight is 353 g/mol. The van der Waals surface area contributed by atoms with Crippen LogP contribution in [0.2, 0.25) is 0 Å². The number of halogens is 2. The van der Waals surface area contributed by atoms with E-state index in [0.29, 0.717) is 22.9 Å². The minimum absolute atomic E-state index is 0.101. The van der Waals surface area contributed by atoms with Crippen LogP contribution in [0.25, 0.3) is 0 Å². The fourth-order valence-corrected chi connectivity index (χ4v) is 2.71. The van der Waals surface area contributed by atoms with Gasteiger partial charge in [-0.1, -0.05) is 0 Å². The molecular weight excluding hydrogens is 336 g/mol. The fourth-order valence-electron chi connectivity index (χ4n) is 1.96. The largest absolute Gasteiger partial charge is 0.497 e. The molecule has 2 aromatic rings. The van der Waals surface area contributed by atoms with Crippen LogP contribution in [0.5, 0.6) is 11.5 Å². The number of nitrogens with one attached hydrogen (secondary N) is 1. The lowest BCUT2D eigenvalue weighted by Crippen LogP contribution is -2.24. The van der Waals surface area contributed by atoms with Crippen LogP contribution in [0.15, 0.2) is 41.3 Å². The average Bonchev–Trinajstić information content (AvgIpc) is 2.60. The van der Waals surface area contributed by atoms with Crippen LogP contribution in [-0.4, -0.2) is 25.9 Å². The number of methoxy groups -OCH3 is 2. The summed E-state index contributed by atoms with van der Waals surface area (Å²) in [5.74, 6) is -0.677. The van der Waals surface area contributed by atoms with E-state index in [1.165, 1.54) is 6.07 Å². The summed E-state index contributed by atoms with van der Waals surface area (Å²) < 4.78 is 36.3. The second-order valence-electron chi connectivity index (χ2n) is 4.82. The van der Waals surface area contributed by atoms with Crippen LogP contribution < -0.4 is 14.8 Å². The summed E-state index contributed by atoms with van der Waals surface area (Å²) in [5, 5.41) is 2.76. The minimum atomic E-state index is -0.927. The molecule has 0 aromatic heterocycles. The summed E-state index contributed by atoms with van der Waals surface area (Å²) in [6, 6.07) is 8.86. The molecule has 0 spiro atoms. The first-order valence-electron chi connectivity index (χ1n) is 7.09. The van der Waals surface area contributed by atoms with Crippen molar-refractivity contribution in [3.63, 3.8) is 0 Å². The predicted octanol–water partition coefficient (Wildman–Crippen LogP) is 3.39. The Hall–Kier alpha value is -2.28. The highest BCUT2D eigenvalue weighted by molar-refractivity contribution is 8.00. The van der Waals surface area contributed by atoms with Crippen molar-refractivity contribution in [1.82, 2.24) is 5.32 Å². The monoisotopic (exact) mass is 353 g/mol. The van der Waals surface area contributed by atoms with Crippen LogP contribution >= 0.6 is 11.8 Å². The first-order chi connectivity index (χ1) is 11.5. The molecule has 1 N–H and O–H groups in total. The van der Waals surface area contributed by atoms with E-state index in [4.69, 9.17) is 9.47 Å². The van der Waals surface area contributed by atoms with Gasteiger partial charge in [-0.25, -0.2) is 8.78 Å². The van der Waals surface area contributed by atoms with Gasteiger partial charge in [-0.3, -0.25) is 4.79 Å². The van der Waals surface area contributed by atoms with Crippen LogP contribution in [0.4, 0.5) is 8.78 Å². The van der Waals surface area contributed by atoms with Gasteiger partial charge < -0.3 is 14.8 Å². The molecule has 0 saturated heterocycles. The van der Waals surface area contributed by atoms with Crippen molar-refractivity contribution in [3.8, 4) is 11.5 Å². The molecule has 0 fully saturated rings. The van der Waals surface area contributed by atoms with Gasteiger partial charge in [0, 0.05) is 23.1 Å². The fraction of sp³-hybridized carbons (Fsp3) is 0.235. The van der Waals surface area contributed by atoms with Gasteiger partial charge in [0.1, 0.15) is 11.5 Å². The summed E-state index contributed by atoms with van der Waals surface area (Å²) in [6.45, 7) is 0.296. The highest BCUT2D eigenvalue weighted by atomic mass is 32.2. The van der Waals surface area contributed by atoms with Crippen molar-refractivity contribution < 1.29 is 23.0 Å². The van der Waals surface area contributed by atoms with Gasteiger partial charge in [0.05, 0.1) is 20.0 Å². The van der Waals surface area contributed by atoms with Gasteiger partial charge in [0.2, 0.25) is 5.91 Å².